The molecule has 0 atom stereocenters. The lowest BCUT2D eigenvalue weighted by Gasteiger charge is -2.32. The van der Waals surface area contributed by atoms with Crippen molar-refractivity contribution in [2.24, 2.45) is 5.73 Å². The quantitative estimate of drug-likeness (QED) is 0.791. The Kier molecular flexibility index (Phi) is 9.81. The minimum absolute atomic E-state index is 0. The second-order valence-electron chi connectivity index (χ2n) is 5.94. The molecule has 1 amide bonds. The second kappa shape index (κ2) is 9.85. The van der Waals surface area contributed by atoms with Crippen molar-refractivity contribution in [2.75, 3.05) is 33.4 Å². The molecule has 2 rings (SSSR count). The number of hydrogen-bond donors (Lipinski definition) is 2. The van der Waals surface area contributed by atoms with Crippen LogP contribution in [0.4, 0.5) is 0 Å². The Hall–Kier alpha value is -0.0700. The average Bonchev–Trinajstić information content (AvgIpc) is 2.93. The predicted octanol–water partition coefficient (Wildman–Crippen LogP) is 1.33. The fourth-order valence-electron chi connectivity index (χ4n) is 3.01. The van der Waals surface area contributed by atoms with Crippen LogP contribution in [0, 0.1) is 0 Å². The molecule has 0 aromatic rings. The van der Waals surface area contributed by atoms with Gasteiger partial charge in [-0.3, -0.25) is 4.79 Å². The van der Waals surface area contributed by atoms with Gasteiger partial charge >= 0.3 is 0 Å². The highest BCUT2D eigenvalue weighted by Gasteiger charge is 2.35. The molecule has 5 nitrogen and oxygen atoms in total. The van der Waals surface area contributed by atoms with Gasteiger partial charge in [0, 0.05) is 32.3 Å². The first kappa shape index (κ1) is 20.9. The first-order valence-corrected chi connectivity index (χ1v) is 7.47. The Morgan fingerprint density at radius 2 is 1.86 bits per heavy atom. The van der Waals surface area contributed by atoms with Gasteiger partial charge in [0.15, 0.2) is 0 Å². The van der Waals surface area contributed by atoms with Crippen molar-refractivity contribution in [1.82, 2.24) is 10.2 Å². The van der Waals surface area contributed by atoms with Gasteiger partial charge in [-0.15, -0.1) is 24.8 Å². The number of hydrogen-bond acceptors (Lipinski definition) is 4. The summed E-state index contributed by atoms with van der Waals surface area (Å²) in [7, 11) is 2.15. The number of rotatable bonds is 5. The molecule has 1 heterocycles. The highest BCUT2D eigenvalue weighted by Crippen LogP contribution is 2.22. The fourth-order valence-corrected chi connectivity index (χ4v) is 3.01. The third kappa shape index (κ3) is 5.91. The van der Waals surface area contributed by atoms with Crippen molar-refractivity contribution in [1.29, 1.82) is 0 Å². The maximum atomic E-state index is 12.1. The molecular formula is C14H29Cl2N3O2. The van der Waals surface area contributed by atoms with Gasteiger partial charge in [0.1, 0.15) is 0 Å². The summed E-state index contributed by atoms with van der Waals surface area (Å²) in [4.78, 5) is 14.5. The zero-order valence-corrected chi connectivity index (χ0v) is 14.4. The maximum Gasteiger partial charge on any atom is 0.240 e. The van der Waals surface area contributed by atoms with E-state index in [2.05, 4.69) is 17.3 Å². The lowest BCUT2D eigenvalue weighted by atomic mass is 9.90. The Morgan fingerprint density at radius 1 is 1.29 bits per heavy atom. The Morgan fingerprint density at radius 3 is 2.43 bits per heavy atom. The zero-order chi connectivity index (χ0) is 13.7. The summed E-state index contributed by atoms with van der Waals surface area (Å²) in [5.41, 5.74) is 5.42. The molecule has 0 bridgehead atoms. The predicted molar refractivity (Wildman–Crippen MR) is 89.4 cm³/mol. The van der Waals surface area contributed by atoms with Crippen molar-refractivity contribution in [2.45, 2.75) is 50.1 Å². The van der Waals surface area contributed by atoms with E-state index in [4.69, 9.17) is 10.5 Å². The summed E-state index contributed by atoms with van der Waals surface area (Å²) < 4.78 is 5.26. The number of halogens is 2. The standard InChI is InChI=1S/C14H27N3O2.2ClH/c1-17(12-4-2-3-5-12)9-8-16-13(18)14(15)6-10-19-11-7-14;;/h12H,2-11,15H2,1H3,(H,16,18);2*1H. The van der Waals surface area contributed by atoms with Gasteiger partial charge in [-0.1, -0.05) is 12.8 Å². The fraction of sp³-hybridized carbons (Fsp3) is 0.929. The van der Waals surface area contributed by atoms with Gasteiger partial charge in [-0.05, 0) is 32.7 Å². The number of ether oxygens (including phenoxy) is 1. The van der Waals surface area contributed by atoms with E-state index >= 15 is 0 Å². The molecule has 21 heavy (non-hydrogen) atoms. The van der Waals surface area contributed by atoms with E-state index < -0.39 is 5.54 Å². The third-order valence-electron chi connectivity index (χ3n) is 4.54. The molecule has 1 saturated heterocycles. The highest BCUT2D eigenvalue weighted by atomic mass is 35.5. The Balaban J connectivity index is 0.00000200. The molecule has 0 spiro atoms. The zero-order valence-electron chi connectivity index (χ0n) is 12.8. The number of amides is 1. The van der Waals surface area contributed by atoms with E-state index in [1.165, 1.54) is 25.7 Å². The molecule has 126 valence electrons. The summed E-state index contributed by atoms with van der Waals surface area (Å²) in [6, 6.07) is 0.701. The van der Waals surface area contributed by atoms with Crippen molar-refractivity contribution in [3.05, 3.63) is 0 Å². The van der Waals surface area contributed by atoms with Crippen LogP contribution in [0.2, 0.25) is 0 Å². The van der Waals surface area contributed by atoms with Crippen LogP contribution in [0.25, 0.3) is 0 Å². The molecule has 3 N–H and O–H groups in total. The van der Waals surface area contributed by atoms with Crippen LogP contribution in [0.3, 0.4) is 0 Å². The molecule has 0 aromatic carbocycles. The summed E-state index contributed by atoms with van der Waals surface area (Å²) >= 11 is 0. The van der Waals surface area contributed by atoms with E-state index in [0.717, 1.165) is 6.54 Å². The summed E-state index contributed by atoms with van der Waals surface area (Å²) in [6.45, 7) is 2.77. The molecule has 0 unspecified atom stereocenters. The van der Waals surface area contributed by atoms with Gasteiger partial charge in [0.05, 0.1) is 5.54 Å². The van der Waals surface area contributed by atoms with Crippen molar-refractivity contribution in [3.63, 3.8) is 0 Å². The van der Waals surface area contributed by atoms with Crippen LogP contribution in [0.15, 0.2) is 0 Å². The Bertz CT molecular complexity index is 307. The van der Waals surface area contributed by atoms with E-state index in [9.17, 15) is 4.79 Å². The van der Waals surface area contributed by atoms with Crippen LogP contribution in [0.1, 0.15) is 38.5 Å². The first-order chi connectivity index (χ1) is 9.12. The van der Waals surface area contributed by atoms with Crippen molar-refractivity contribution in [3.8, 4) is 0 Å². The molecule has 1 aliphatic carbocycles. The van der Waals surface area contributed by atoms with Gasteiger partial charge in [-0.2, -0.15) is 0 Å². The van der Waals surface area contributed by atoms with E-state index in [0.29, 0.717) is 38.6 Å². The summed E-state index contributed by atoms with van der Waals surface area (Å²) in [5.74, 6) is -0.0179. The van der Waals surface area contributed by atoms with Crippen molar-refractivity contribution >= 4 is 30.7 Å². The third-order valence-corrected chi connectivity index (χ3v) is 4.54. The normalized spacial score (nSPS) is 21.5. The highest BCUT2D eigenvalue weighted by molar-refractivity contribution is 5.86. The lowest BCUT2D eigenvalue weighted by Crippen LogP contribution is -2.57. The monoisotopic (exact) mass is 341 g/mol. The number of likely N-dealkylation sites (N-methyl/N-ethyl adjacent to an activating group) is 1. The topological polar surface area (TPSA) is 67.6 Å². The number of nitrogens with one attached hydrogen (secondary N) is 1. The minimum Gasteiger partial charge on any atom is -0.381 e. The molecule has 7 heteroatoms. The number of carbonyl (C=O) groups is 1. The summed E-state index contributed by atoms with van der Waals surface area (Å²) in [6.07, 6.45) is 6.51. The molecular weight excluding hydrogens is 313 g/mol. The van der Waals surface area contributed by atoms with Crippen molar-refractivity contribution < 1.29 is 9.53 Å². The van der Waals surface area contributed by atoms with Crippen LogP contribution in [-0.2, 0) is 9.53 Å². The molecule has 2 fully saturated rings. The Labute approximate surface area is 140 Å². The average molecular weight is 342 g/mol. The maximum absolute atomic E-state index is 12.1. The smallest absolute Gasteiger partial charge is 0.240 e. The first-order valence-electron chi connectivity index (χ1n) is 7.47. The molecule has 0 radical (unpaired) electrons. The van der Waals surface area contributed by atoms with Gasteiger partial charge in [0.2, 0.25) is 5.91 Å². The SMILES string of the molecule is CN(CCNC(=O)C1(N)CCOCC1)C1CCCC1.Cl.Cl. The van der Waals surface area contributed by atoms with E-state index in [1.54, 1.807) is 0 Å². The van der Waals surface area contributed by atoms with E-state index in [1.807, 2.05) is 0 Å². The molecule has 1 aliphatic heterocycles. The largest absolute Gasteiger partial charge is 0.381 e. The van der Waals surface area contributed by atoms with Crippen LogP contribution in [0.5, 0.6) is 0 Å². The number of nitrogens with two attached hydrogens (primary N) is 1. The summed E-state index contributed by atoms with van der Waals surface area (Å²) in [5, 5.41) is 2.99. The minimum atomic E-state index is -0.718. The van der Waals surface area contributed by atoms with Gasteiger partial charge in [-0.25, -0.2) is 0 Å². The number of nitrogens with zero attached hydrogens (tertiary/aromatic N) is 1. The second-order valence-corrected chi connectivity index (χ2v) is 5.94. The van der Waals surface area contributed by atoms with Crippen LogP contribution < -0.4 is 11.1 Å². The van der Waals surface area contributed by atoms with Crippen LogP contribution in [-0.4, -0.2) is 55.7 Å². The molecule has 2 aliphatic rings. The van der Waals surface area contributed by atoms with Crippen LogP contribution >= 0.6 is 24.8 Å². The van der Waals surface area contributed by atoms with Gasteiger partial charge in [0.25, 0.3) is 0 Å². The number of carbonyl (C=O) groups excluding carboxylic acids is 1. The van der Waals surface area contributed by atoms with E-state index in [-0.39, 0.29) is 30.7 Å². The molecule has 1 saturated carbocycles. The lowest BCUT2D eigenvalue weighted by molar-refractivity contribution is -0.129. The van der Waals surface area contributed by atoms with Gasteiger partial charge < -0.3 is 20.7 Å². The molecule has 0 aromatic heterocycles.